The van der Waals surface area contributed by atoms with Crippen molar-refractivity contribution in [3.63, 3.8) is 0 Å². The van der Waals surface area contributed by atoms with Gasteiger partial charge in [0, 0.05) is 4.88 Å². The van der Waals surface area contributed by atoms with E-state index in [-0.39, 0.29) is 18.5 Å². The number of benzene rings is 2. The molecule has 2 aromatic carbocycles. The molecule has 4 amide bonds. The van der Waals surface area contributed by atoms with E-state index in [9.17, 15) is 14.4 Å². The van der Waals surface area contributed by atoms with E-state index in [2.05, 4.69) is 10.6 Å². The largest absolute Gasteiger partial charge is 0.343 e. The highest BCUT2D eigenvalue weighted by Gasteiger charge is 2.49. The summed E-state index contributed by atoms with van der Waals surface area (Å²) in [6.45, 7) is 3.39. The molecule has 2 heterocycles. The molecule has 7 heteroatoms. The number of hydrogen-bond acceptors (Lipinski definition) is 4. The number of aryl methyl sites for hydroxylation is 3. The van der Waals surface area contributed by atoms with Gasteiger partial charge in [-0.05, 0) is 66.8 Å². The Kier molecular flexibility index (Phi) is 5.73. The quantitative estimate of drug-likeness (QED) is 0.526. The molecule has 1 aliphatic carbocycles. The van der Waals surface area contributed by atoms with Crippen LogP contribution in [0.5, 0.6) is 0 Å². The number of urea groups is 1. The normalized spacial score (nSPS) is 20.2. The average Bonchev–Trinajstić information content (AvgIpc) is 3.56. The molecular weight excluding hydrogens is 446 g/mol. The first-order chi connectivity index (χ1) is 16.3. The number of amides is 4. The third kappa shape index (κ3) is 4.01. The van der Waals surface area contributed by atoms with Crippen molar-refractivity contribution < 1.29 is 14.4 Å². The van der Waals surface area contributed by atoms with Gasteiger partial charge in [-0.2, -0.15) is 0 Å². The minimum atomic E-state index is -1.18. The lowest BCUT2D eigenvalue weighted by molar-refractivity contribution is -0.135. The summed E-state index contributed by atoms with van der Waals surface area (Å²) in [4.78, 5) is 41.2. The van der Waals surface area contributed by atoms with E-state index < -0.39 is 17.5 Å². The molecule has 2 atom stereocenters. The van der Waals surface area contributed by atoms with E-state index in [0.717, 1.165) is 45.7 Å². The van der Waals surface area contributed by atoms with Crippen molar-refractivity contribution in [3.8, 4) is 0 Å². The monoisotopic (exact) mass is 473 g/mol. The van der Waals surface area contributed by atoms with Crippen molar-refractivity contribution in [2.75, 3.05) is 6.54 Å². The smallest absolute Gasteiger partial charge is 0.325 e. The van der Waals surface area contributed by atoms with Crippen molar-refractivity contribution in [2.24, 2.45) is 0 Å². The summed E-state index contributed by atoms with van der Waals surface area (Å²) in [5.74, 6) is -0.797. The van der Waals surface area contributed by atoms with Gasteiger partial charge in [0.25, 0.3) is 5.91 Å². The molecule has 2 unspecified atom stereocenters. The molecule has 174 valence electrons. The van der Waals surface area contributed by atoms with Gasteiger partial charge in [-0.1, -0.05) is 54.1 Å². The highest BCUT2D eigenvalue weighted by Crippen LogP contribution is 2.33. The lowest BCUT2D eigenvalue weighted by Crippen LogP contribution is -2.44. The second-order valence-electron chi connectivity index (χ2n) is 9.21. The van der Waals surface area contributed by atoms with E-state index in [1.165, 1.54) is 11.1 Å². The van der Waals surface area contributed by atoms with Gasteiger partial charge in [0.1, 0.15) is 12.1 Å². The first kappa shape index (κ1) is 22.3. The Morgan fingerprint density at radius 2 is 1.88 bits per heavy atom. The summed E-state index contributed by atoms with van der Waals surface area (Å²) < 4.78 is 0. The fraction of sp³-hybridized carbons (Fsp3) is 0.296. The molecule has 34 heavy (non-hydrogen) atoms. The predicted octanol–water partition coefficient (Wildman–Crippen LogP) is 4.22. The van der Waals surface area contributed by atoms with Crippen LogP contribution in [-0.2, 0) is 28.0 Å². The number of carbonyl (C=O) groups is 3. The highest BCUT2D eigenvalue weighted by molar-refractivity contribution is 7.10. The van der Waals surface area contributed by atoms with Gasteiger partial charge >= 0.3 is 6.03 Å². The van der Waals surface area contributed by atoms with E-state index in [0.29, 0.717) is 0 Å². The van der Waals surface area contributed by atoms with Gasteiger partial charge in [-0.25, -0.2) is 4.79 Å². The number of hydrogen-bond donors (Lipinski definition) is 2. The number of rotatable bonds is 6. The SMILES string of the molecule is Cc1ccc(C(NC(=O)CN2C(=O)NC(C)(c3ccc4c(c3)CCC4)C2=O)c2cccs2)cc1. The topological polar surface area (TPSA) is 78.5 Å². The third-order valence-electron chi connectivity index (χ3n) is 6.80. The number of nitrogens with one attached hydrogen (secondary N) is 2. The van der Waals surface area contributed by atoms with Gasteiger partial charge in [0.2, 0.25) is 5.91 Å². The lowest BCUT2D eigenvalue weighted by Gasteiger charge is -2.23. The number of thiophene rings is 1. The second-order valence-corrected chi connectivity index (χ2v) is 10.2. The molecule has 1 aliphatic heterocycles. The molecule has 6 nitrogen and oxygen atoms in total. The molecule has 0 bridgehead atoms. The van der Waals surface area contributed by atoms with Crippen LogP contribution < -0.4 is 10.6 Å². The minimum absolute atomic E-state index is 0.334. The zero-order chi connectivity index (χ0) is 23.9. The molecule has 1 fully saturated rings. The predicted molar refractivity (Wildman–Crippen MR) is 132 cm³/mol. The Morgan fingerprint density at radius 3 is 2.62 bits per heavy atom. The van der Waals surface area contributed by atoms with Crippen molar-refractivity contribution in [1.82, 2.24) is 15.5 Å². The Hall–Kier alpha value is -3.45. The molecule has 3 aromatic rings. The Balaban J connectivity index is 1.34. The first-order valence-electron chi connectivity index (χ1n) is 11.5. The summed E-state index contributed by atoms with van der Waals surface area (Å²) in [5, 5.41) is 7.80. The van der Waals surface area contributed by atoms with E-state index >= 15 is 0 Å². The molecule has 1 aromatic heterocycles. The third-order valence-corrected chi connectivity index (χ3v) is 7.73. The molecule has 2 aliphatic rings. The zero-order valence-corrected chi connectivity index (χ0v) is 20.1. The summed E-state index contributed by atoms with van der Waals surface area (Å²) >= 11 is 1.55. The van der Waals surface area contributed by atoms with Crippen molar-refractivity contribution in [1.29, 1.82) is 0 Å². The maximum atomic E-state index is 13.4. The van der Waals surface area contributed by atoms with Gasteiger partial charge < -0.3 is 10.6 Å². The van der Waals surface area contributed by atoms with Gasteiger partial charge in [-0.15, -0.1) is 11.3 Å². The first-order valence-corrected chi connectivity index (χ1v) is 12.4. The lowest BCUT2D eigenvalue weighted by atomic mass is 9.89. The van der Waals surface area contributed by atoms with Crippen LogP contribution in [0.2, 0.25) is 0 Å². The summed E-state index contributed by atoms with van der Waals surface area (Å²) in [6, 6.07) is 17.0. The van der Waals surface area contributed by atoms with Gasteiger partial charge in [-0.3, -0.25) is 14.5 Å². The van der Waals surface area contributed by atoms with Gasteiger partial charge in [0.05, 0.1) is 6.04 Å². The summed E-state index contributed by atoms with van der Waals surface area (Å²) in [6.07, 6.45) is 3.14. The second kappa shape index (κ2) is 8.72. The molecule has 1 saturated heterocycles. The van der Waals surface area contributed by atoms with Crippen molar-refractivity contribution in [2.45, 2.75) is 44.7 Å². The van der Waals surface area contributed by atoms with E-state index in [1.54, 1.807) is 18.3 Å². The van der Waals surface area contributed by atoms with Crippen LogP contribution in [0.25, 0.3) is 0 Å². The van der Waals surface area contributed by atoms with Crippen LogP contribution >= 0.6 is 11.3 Å². The number of fused-ring (bicyclic) bond motifs is 1. The van der Waals surface area contributed by atoms with Crippen molar-refractivity contribution >= 4 is 29.2 Å². The molecule has 5 rings (SSSR count). The average molecular weight is 474 g/mol. The Morgan fingerprint density at radius 1 is 1.12 bits per heavy atom. The van der Waals surface area contributed by atoms with Crippen molar-refractivity contribution in [3.05, 3.63) is 92.7 Å². The van der Waals surface area contributed by atoms with Crippen LogP contribution in [0.4, 0.5) is 4.79 Å². The molecule has 2 N–H and O–H groups in total. The maximum absolute atomic E-state index is 13.4. The van der Waals surface area contributed by atoms with E-state index in [1.807, 2.05) is 66.9 Å². The van der Waals surface area contributed by atoms with Crippen LogP contribution in [0, 0.1) is 6.92 Å². The van der Waals surface area contributed by atoms with Crippen LogP contribution in [0.1, 0.15) is 52.1 Å². The standard InChI is InChI=1S/C27H27N3O3S/c1-17-8-10-19(11-9-17)24(22-7-4-14-34-22)28-23(31)16-30-25(32)27(2,29-26(30)33)21-13-12-18-5-3-6-20(18)15-21/h4,7-15,24H,3,5-6,16H2,1-2H3,(H,28,31)(H,29,33). The van der Waals surface area contributed by atoms with Gasteiger partial charge in [0.15, 0.2) is 0 Å². The Labute approximate surface area is 203 Å². The molecule has 0 saturated carbocycles. The zero-order valence-electron chi connectivity index (χ0n) is 19.3. The summed E-state index contributed by atoms with van der Waals surface area (Å²) in [5.41, 5.74) is 4.18. The fourth-order valence-electron chi connectivity index (χ4n) is 4.80. The fourth-order valence-corrected chi connectivity index (χ4v) is 5.60. The molecule has 0 radical (unpaired) electrons. The Bertz CT molecular complexity index is 1250. The molecule has 0 spiro atoms. The highest BCUT2D eigenvalue weighted by atomic mass is 32.1. The summed E-state index contributed by atoms with van der Waals surface area (Å²) in [7, 11) is 0. The number of carbonyl (C=O) groups excluding carboxylic acids is 3. The molecular formula is C27H27N3O3S. The minimum Gasteiger partial charge on any atom is -0.343 e. The van der Waals surface area contributed by atoms with E-state index in [4.69, 9.17) is 0 Å². The van der Waals surface area contributed by atoms with Crippen LogP contribution in [0.3, 0.4) is 0 Å². The van der Waals surface area contributed by atoms with Crippen LogP contribution in [-0.4, -0.2) is 29.3 Å². The number of nitrogens with zero attached hydrogens (tertiary/aromatic N) is 1. The van der Waals surface area contributed by atoms with Crippen LogP contribution in [0.15, 0.2) is 60.0 Å². The number of imide groups is 1. The maximum Gasteiger partial charge on any atom is 0.325 e.